The van der Waals surface area contributed by atoms with Crippen molar-refractivity contribution in [3.63, 3.8) is 0 Å². The molecule has 1 aliphatic heterocycles. The third kappa shape index (κ3) is 3.41. The fraction of sp³-hybridized carbons (Fsp3) is 0.643. The molecule has 1 aromatic heterocycles. The van der Waals surface area contributed by atoms with Gasteiger partial charge >= 0.3 is 5.97 Å². The summed E-state index contributed by atoms with van der Waals surface area (Å²) >= 11 is 0. The van der Waals surface area contributed by atoms with Crippen LogP contribution in [0.3, 0.4) is 0 Å². The lowest BCUT2D eigenvalue weighted by atomic mass is 9.97. The van der Waals surface area contributed by atoms with Crippen LogP contribution in [-0.4, -0.2) is 52.8 Å². The van der Waals surface area contributed by atoms with Crippen LogP contribution < -0.4 is 0 Å². The second kappa shape index (κ2) is 6.26. The van der Waals surface area contributed by atoms with E-state index >= 15 is 0 Å². The van der Waals surface area contributed by atoms with Crippen LogP contribution in [0.5, 0.6) is 0 Å². The van der Waals surface area contributed by atoms with E-state index in [1.54, 1.807) is 11.8 Å². The number of ether oxygens (including phenoxy) is 1. The standard InChI is InChI=1S/C14H20N2O5/c1-8(13-9(2)15-21-10(13)3)14(19)16-4-5-20-11(7-16)6-12(17)18/h8,11H,4-7H2,1-3H3,(H,17,18). The minimum absolute atomic E-state index is 0.0527. The van der Waals surface area contributed by atoms with E-state index in [0.717, 1.165) is 5.56 Å². The molecular formula is C14H20N2O5. The number of morpholine rings is 1. The van der Waals surface area contributed by atoms with Gasteiger partial charge < -0.3 is 19.3 Å². The molecule has 0 aromatic carbocycles. The summed E-state index contributed by atoms with van der Waals surface area (Å²) in [6.07, 6.45) is -0.541. The molecule has 2 heterocycles. The van der Waals surface area contributed by atoms with Crippen LogP contribution >= 0.6 is 0 Å². The molecule has 21 heavy (non-hydrogen) atoms. The number of carboxylic acids is 1. The Balaban J connectivity index is 2.07. The lowest BCUT2D eigenvalue weighted by Crippen LogP contribution is -2.47. The first-order valence-corrected chi connectivity index (χ1v) is 6.95. The number of aromatic nitrogens is 1. The molecule has 1 aromatic rings. The van der Waals surface area contributed by atoms with E-state index in [1.165, 1.54) is 0 Å². The van der Waals surface area contributed by atoms with Gasteiger partial charge in [0.2, 0.25) is 5.91 Å². The summed E-state index contributed by atoms with van der Waals surface area (Å²) in [5.41, 5.74) is 1.52. The van der Waals surface area contributed by atoms with Crippen LogP contribution in [0.15, 0.2) is 4.52 Å². The van der Waals surface area contributed by atoms with Gasteiger partial charge in [-0.2, -0.15) is 0 Å². The molecule has 7 nitrogen and oxygen atoms in total. The van der Waals surface area contributed by atoms with Gasteiger partial charge in [0.1, 0.15) is 5.76 Å². The quantitative estimate of drug-likeness (QED) is 0.894. The van der Waals surface area contributed by atoms with Crippen molar-refractivity contribution in [1.82, 2.24) is 10.1 Å². The Morgan fingerprint density at radius 1 is 1.48 bits per heavy atom. The van der Waals surface area contributed by atoms with E-state index < -0.39 is 12.1 Å². The van der Waals surface area contributed by atoms with Gasteiger partial charge in [0, 0.05) is 18.7 Å². The van der Waals surface area contributed by atoms with Crippen LogP contribution in [0.1, 0.15) is 36.3 Å². The van der Waals surface area contributed by atoms with E-state index in [9.17, 15) is 9.59 Å². The number of carbonyl (C=O) groups excluding carboxylic acids is 1. The zero-order valence-corrected chi connectivity index (χ0v) is 12.5. The number of nitrogens with zero attached hydrogens (tertiary/aromatic N) is 2. The molecule has 7 heteroatoms. The Labute approximate surface area is 122 Å². The number of carbonyl (C=O) groups is 2. The van der Waals surface area contributed by atoms with Crippen LogP contribution in [0, 0.1) is 13.8 Å². The molecule has 0 saturated carbocycles. The number of aliphatic carboxylic acids is 1. The van der Waals surface area contributed by atoms with E-state index in [0.29, 0.717) is 31.2 Å². The Morgan fingerprint density at radius 2 is 2.19 bits per heavy atom. The summed E-state index contributed by atoms with van der Waals surface area (Å²) < 4.78 is 10.5. The fourth-order valence-corrected chi connectivity index (χ4v) is 2.74. The van der Waals surface area contributed by atoms with Crippen molar-refractivity contribution in [3.8, 4) is 0 Å². The first-order chi connectivity index (χ1) is 9.90. The van der Waals surface area contributed by atoms with Crippen molar-refractivity contribution in [3.05, 3.63) is 17.0 Å². The molecule has 0 bridgehead atoms. The lowest BCUT2D eigenvalue weighted by Gasteiger charge is -2.34. The molecular weight excluding hydrogens is 276 g/mol. The average Bonchev–Trinajstić information content (AvgIpc) is 2.76. The van der Waals surface area contributed by atoms with Gasteiger partial charge in [-0.3, -0.25) is 9.59 Å². The molecule has 1 fully saturated rings. The summed E-state index contributed by atoms with van der Waals surface area (Å²) in [5.74, 6) is -0.695. The zero-order valence-electron chi connectivity index (χ0n) is 12.5. The minimum atomic E-state index is -0.923. The highest BCUT2D eigenvalue weighted by atomic mass is 16.5. The molecule has 2 unspecified atom stereocenters. The number of amides is 1. The van der Waals surface area contributed by atoms with E-state index in [-0.39, 0.29) is 18.2 Å². The predicted molar refractivity (Wildman–Crippen MR) is 73.0 cm³/mol. The molecule has 1 N–H and O–H groups in total. The predicted octanol–water partition coefficient (Wildman–Crippen LogP) is 1.10. The summed E-state index contributed by atoms with van der Waals surface area (Å²) in [6.45, 7) is 6.55. The van der Waals surface area contributed by atoms with Gasteiger partial charge in [-0.05, 0) is 20.8 Å². The number of hydrogen-bond donors (Lipinski definition) is 1. The molecule has 1 aliphatic rings. The molecule has 1 amide bonds. The third-order valence-electron chi connectivity index (χ3n) is 3.74. The molecule has 116 valence electrons. The van der Waals surface area contributed by atoms with Crippen LogP contribution in [0.25, 0.3) is 0 Å². The first kappa shape index (κ1) is 15.5. The van der Waals surface area contributed by atoms with Crippen molar-refractivity contribution in [1.29, 1.82) is 0 Å². The van der Waals surface area contributed by atoms with Gasteiger partial charge in [-0.15, -0.1) is 0 Å². The number of hydrogen-bond acceptors (Lipinski definition) is 5. The lowest BCUT2D eigenvalue weighted by molar-refractivity contribution is -0.148. The summed E-state index contributed by atoms with van der Waals surface area (Å²) in [6, 6.07) is 0. The van der Waals surface area contributed by atoms with Crippen LogP contribution in [0.2, 0.25) is 0 Å². The van der Waals surface area contributed by atoms with Crippen molar-refractivity contribution < 1.29 is 24.0 Å². The average molecular weight is 296 g/mol. The second-order valence-electron chi connectivity index (χ2n) is 5.33. The fourth-order valence-electron chi connectivity index (χ4n) is 2.74. The maximum absolute atomic E-state index is 12.6. The molecule has 0 spiro atoms. The highest BCUT2D eigenvalue weighted by molar-refractivity contribution is 5.84. The summed E-state index contributed by atoms with van der Waals surface area (Å²) in [7, 11) is 0. The highest BCUT2D eigenvalue weighted by Gasteiger charge is 2.31. The van der Waals surface area contributed by atoms with Crippen molar-refractivity contribution >= 4 is 11.9 Å². The monoisotopic (exact) mass is 296 g/mol. The molecule has 1 saturated heterocycles. The maximum Gasteiger partial charge on any atom is 0.306 e. The van der Waals surface area contributed by atoms with Gasteiger partial charge in [0.05, 0.1) is 30.7 Å². The number of aryl methyl sites for hydroxylation is 2. The Kier molecular flexibility index (Phi) is 4.62. The molecule has 2 atom stereocenters. The Morgan fingerprint density at radius 3 is 2.76 bits per heavy atom. The smallest absolute Gasteiger partial charge is 0.306 e. The molecule has 0 radical (unpaired) electrons. The van der Waals surface area contributed by atoms with Gasteiger partial charge in [0.25, 0.3) is 0 Å². The van der Waals surface area contributed by atoms with E-state index in [4.69, 9.17) is 14.4 Å². The topological polar surface area (TPSA) is 92.9 Å². The number of rotatable bonds is 4. The maximum atomic E-state index is 12.6. The number of carboxylic acid groups (broad SMARTS) is 1. The summed E-state index contributed by atoms with van der Waals surface area (Å²) in [4.78, 5) is 25.0. The zero-order chi connectivity index (χ0) is 15.6. The van der Waals surface area contributed by atoms with E-state index in [1.807, 2.05) is 13.8 Å². The minimum Gasteiger partial charge on any atom is -0.481 e. The van der Waals surface area contributed by atoms with Crippen molar-refractivity contribution in [2.24, 2.45) is 0 Å². The van der Waals surface area contributed by atoms with Gasteiger partial charge in [0.15, 0.2) is 0 Å². The second-order valence-corrected chi connectivity index (χ2v) is 5.33. The van der Waals surface area contributed by atoms with Crippen molar-refractivity contribution in [2.45, 2.75) is 39.2 Å². The molecule has 0 aliphatic carbocycles. The Hall–Kier alpha value is -1.89. The third-order valence-corrected chi connectivity index (χ3v) is 3.74. The first-order valence-electron chi connectivity index (χ1n) is 6.95. The van der Waals surface area contributed by atoms with Gasteiger partial charge in [-0.25, -0.2) is 0 Å². The normalized spacial score (nSPS) is 20.3. The Bertz CT molecular complexity index is 520. The van der Waals surface area contributed by atoms with E-state index in [2.05, 4.69) is 5.16 Å². The van der Waals surface area contributed by atoms with Crippen LogP contribution in [0.4, 0.5) is 0 Å². The highest BCUT2D eigenvalue weighted by Crippen LogP contribution is 2.25. The van der Waals surface area contributed by atoms with Crippen molar-refractivity contribution in [2.75, 3.05) is 19.7 Å². The van der Waals surface area contributed by atoms with Crippen LogP contribution in [-0.2, 0) is 14.3 Å². The van der Waals surface area contributed by atoms with Gasteiger partial charge in [-0.1, -0.05) is 5.16 Å². The SMILES string of the molecule is Cc1noc(C)c1C(C)C(=O)N1CCOC(CC(=O)O)C1. The summed E-state index contributed by atoms with van der Waals surface area (Å²) in [5, 5.41) is 12.7. The largest absolute Gasteiger partial charge is 0.481 e. The molecule has 2 rings (SSSR count).